The van der Waals surface area contributed by atoms with Crippen molar-refractivity contribution in [3.8, 4) is 5.75 Å². The van der Waals surface area contributed by atoms with Crippen LogP contribution in [0.5, 0.6) is 5.75 Å². The highest BCUT2D eigenvalue weighted by Gasteiger charge is 2.00. The molecule has 2 aromatic carbocycles. The summed E-state index contributed by atoms with van der Waals surface area (Å²) in [6.07, 6.45) is 4.48. The van der Waals surface area contributed by atoms with Gasteiger partial charge in [0.05, 0.1) is 12.3 Å². The molecule has 0 unspecified atom stereocenters. The third-order valence-electron chi connectivity index (χ3n) is 3.23. The molecule has 2 rings (SSSR count). The number of hydrogen-bond donors (Lipinski definition) is 1. The summed E-state index contributed by atoms with van der Waals surface area (Å²) in [5.74, 6) is -0.157. The van der Waals surface area contributed by atoms with Crippen molar-refractivity contribution in [2.75, 3.05) is 6.61 Å². The molecule has 0 fully saturated rings. The van der Waals surface area contributed by atoms with Crippen molar-refractivity contribution < 1.29 is 14.6 Å². The zero-order valence-corrected chi connectivity index (χ0v) is 13.2. The maximum absolute atomic E-state index is 10.6. The molecular weight excluding hydrogens is 290 g/mol. The SMILES string of the molecule is CCOc1ccccc1C=Nc1ccc(/C=C/C(=O)O)c(C)c1. The quantitative estimate of drug-likeness (QED) is 0.641. The van der Waals surface area contributed by atoms with Gasteiger partial charge in [0.1, 0.15) is 5.75 Å². The van der Waals surface area contributed by atoms with Crippen molar-refractivity contribution in [1.82, 2.24) is 0 Å². The van der Waals surface area contributed by atoms with Crippen LogP contribution >= 0.6 is 0 Å². The molecule has 0 heterocycles. The first kappa shape index (κ1) is 16.5. The molecule has 0 saturated heterocycles. The number of aliphatic carboxylic acids is 1. The predicted octanol–water partition coefficient (Wildman–Crippen LogP) is 4.24. The highest BCUT2D eigenvalue weighted by Crippen LogP contribution is 2.21. The Morgan fingerprint density at radius 1 is 1.22 bits per heavy atom. The zero-order valence-electron chi connectivity index (χ0n) is 13.2. The van der Waals surface area contributed by atoms with Crippen LogP contribution in [0.15, 0.2) is 53.5 Å². The van der Waals surface area contributed by atoms with Crippen molar-refractivity contribution in [2.24, 2.45) is 4.99 Å². The van der Waals surface area contributed by atoms with Crippen molar-refractivity contribution in [3.63, 3.8) is 0 Å². The van der Waals surface area contributed by atoms with Gasteiger partial charge >= 0.3 is 5.97 Å². The molecule has 0 aromatic heterocycles. The molecule has 0 amide bonds. The fourth-order valence-corrected chi connectivity index (χ4v) is 2.11. The topological polar surface area (TPSA) is 58.9 Å². The largest absolute Gasteiger partial charge is 0.493 e. The first-order chi connectivity index (χ1) is 11.1. The lowest BCUT2D eigenvalue weighted by atomic mass is 10.1. The summed E-state index contributed by atoms with van der Waals surface area (Å²) in [5, 5.41) is 8.68. The van der Waals surface area contributed by atoms with Crippen LogP contribution in [0.4, 0.5) is 5.69 Å². The van der Waals surface area contributed by atoms with Gasteiger partial charge in [0.2, 0.25) is 0 Å². The highest BCUT2D eigenvalue weighted by molar-refractivity contribution is 5.86. The number of rotatable bonds is 6. The average molecular weight is 309 g/mol. The minimum absolute atomic E-state index is 0.606. The molecule has 0 bridgehead atoms. The second-order valence-corrected chi connectivity index (χ2v) is 4.94. The van der Waals surface area contributed by atoms with Crippen LogP contribution in [0.3, 0.4) is 0 Å². The molecule has 2 aromatic rings. The maximum Gasteiger partial charge on any atom is 0.328 e. The fourth-order valence-electron chi connectivity index (χ4n) is 2.11. The van der Waals surface area contributed by atoms with E-state index in [0.717, 1.165) is 34.2 Å². The van der Waals surface area contributed by atoms with Crippen molar-refractivity contribution in [1.29, 1.82) is 0 Å². The van der Waals surface area contributed by atoms with Crippen LogP contribution in [0.25, 0.3) is 6.08 Å². The van der Waals surface area contributed by atoms with Crippen LogP contribution in [-0.4, -0.2) is 23.9 Å². The van der Waals surface area contributed by atoms with Gasteiger partial charge in [-0.25, -0.2) is 4.79 Å². The zero-order chi connectivity index (χ0) is 16.7. The Kier molecular flexibility index (Phi) is 5.69. The highest BCUT2D eigenvalue weighted by atomic mass is 16.5. The van der Waals surface area contributed by atoms with Gasteiger partial charge in [0, 0.05) is 17.9 Å². The Balaban J connectivity index is 2.21. The molecule has 0 aliphatic rings. The van der Waals surface area contributed by atoms with Gasteiger partial charge in [0.15, 0.2) is 0 Å². The number of nitrogens with zero attached hydrogens (tertiary/aromatic N) is 1. The smallest absolute Gasteiger partial charge is 0.328 e. The molecule has 1 N–H and O–H groups in total. The number of para-hydroxylation sites is 1. The summed E-state index contributed by atoms with van der Waals surface area (Å²) < 4.78 is 5.57. The van der Waals surface area contributed by atoms with Crippen LogP contribution in [0.1, 0.15) is 23.6 Å². The van der Waals surface area contributed by atoms with Crippen molar-refractivity contribution in [2.45, 2.75) is 13.8 Å². The van der Waals surface area contributed by atoms with Crippen LogP contribution in [-0.2, 0) is 4.79 Å². The molecule has 0 aliphatic carbocycles. The number of aliphatic imine (C=N–C) groups is 1. The lowest BCUT2D eigenvalue weighted by Crippen LogP contribution is -1.95. The molecule has 0 spiro atoms. The summed E-state index contributed by atoms with van der Waals surface area (Å²) >= 11 is 0. The van der Waals surface area contributed by atoms with Crippen LogP contribution < -0.4 is 4.74 Å². The molecule has 118 valence electrons. The summed E-state index contributed by atoms with van der Waals surface area (Å²) in [4.78, 5) is 15.0. The Hall–Kier alpha value is -2.88. The van der Waals surface area contributed by atoms with E-state index >= 15 is 0 Å². The molecule has 0 atom stereocenters. The first-order valence-corrected chi connectivity index (χ1v) is 7.37. The third kappa shape index (κ3) is 4.81. The first-order valence-electron chi connectivity index (χ1n) is 7.37. The number of ether oxygens (including phenoxy) is 1. The van der Waals surface area contributed by atoms with E-state index in [1.807, 2.05) is 56.3 Å². The summed E-state index contributed by atoms with van der Waals surface area (Å²) in [5.41, 5.74) is 3.56. The van der Waals surface area contributed by atoms with Gasteiger partial charge < -0.3 is 9.84 Å². The number of carboxylic acids is 1. The Morgan fingerprint density at radius 3 is 2.70 bits per heavy atom. The molecule has 4 heteroatoms. The van der Waals surface area contributed by atoms with Gasteiger partial charge in [0.25, 0.3) is 0 Å². The van der Waals surface area contributed by atoms with E-state index in [2.05, 4.69) is 4.99 Å². The van der Waals surface area contributed by atoms with Gasteiger partial charge in [-0.2, -0.15) is 0 Å². The summed E-state index contributed by atoms with van der Waals surface area (Å²) in [7, 11) is 0. The predicted molar refractivity (Wildman–Crippen MR) is 92.7 cm³/mol. The van der Waals surface area contributed by atoms with E-state index in [1.54, 1.807) is 12.3 Å². The standard InChI is InChI=1S/C19H19NO3/c1-3-23-18-7-5-4-6-16(18)13-20-17-10-8-15(14(2)12-17)9-11-19(21)22/h4-13H,3H2,1-2H3,(H,21,22)/b11-9+,20-13?. The van der Waals surface area contributed by atoms with E-state index in [-0.39, 0.29) is 0 Å². The number of benzene rings is 2. The van der Waals surface area contributed by atoms with Gasteiger partial charge in [-0.3, -0.25) is 4.99 Å². The Morgan fingerprint density at radius 2 is 2.00 bits per heavy atom. The molecule has 0 radical (unpaired) electrons. The number of aryl methyl sites for hydroxylation is 1. The van der Waals surface area contributed by atoms with E-state index in [0.29, 0.717) is 6.61 Å². The van der Waals surface area contributed by atoms with E-state index in [1.165, 1.54) is 0 Å². The fraction of sp³-hybridized carbons (Fsp3) is 0.158. The van der Waals surface area contributed by atoms with E-state index in [4.69, 9.17) is 9.84 Å². The normalized spacial score (nSPS) is 11.2. The van der Waals surface area contributed by atoms with Gasteiger partial charge in [-0.1, -0.05) is 18.2 Å². The third-order valence-corrected chi connectivity index (χ3v) is 3.23. The lowest BCUT2D eigenvalue weighted by molar-refractivity contribution is -0.131. The van der Waals surface area contributed by atoms with Gasteiger partial charge in [-0.05, 0) is 55.3 Å². The van der Waals surface area contributed by atoms with Gasteiger partial charge in [-0.15, -0.1) is 0 Å². The summed E-state index contributed by atoms with van der Waals surface area (Å²) in [6, 6.07) is 13.4. The van der Waals surface area contributed by atoms with E-state index in [9.17, 15) is 4.79 Å². The average Bonchev–Trinajstić information content (AvgIpc) is 2.53. The van der Waals surface area contributed by atoms with E-state index < -0.39 is 5.97 Å². The minimum Gasteiger partial charge on any atom is -0.493 e. The van der Waals surface area contributed by atoms with Crippen LogP contribution in [0, 0.1) is 6.92 Å². The number of hydrogen-bond acceptors (Lipinski definition) is 3. The molecular formula is C19H19NO3. The molecule has 4 nitrogen and oxygen atoms in total. The Bertz CT molecular complexity index is 748. The summed E-state index contributed by atoms with van der Waals surface area (Å²) in [6.45, 7) is 4.48. The monoisotopic (exact) mass is 309 g/mol. The van der Waals surface area contributed by atoms with Crippen molar-refractivity contribution >= 4 is 23.9 Å². The van der Waals surface area contributed by atoms with Crippen molar-refractivity contribution in [3.05, 3.63) is 65.2 Å². The maximum atomic E-state index is 10.6. The number of carbonyl (C=O) groups is 1. The second-order valence-electron chi connectivity index (χ2n) is 4.94. The molecule has 23 heavy (non-hydrogen) atoms. The molecule has 0 aliphatic heterocycles. The van der Waals surface area contributed by atoms with Crippen LogP contribution in [0.2, 0.25) is 0 Å². The molecule has 0 saturated carbocycles. The minimum atomic E-state index is -0.959. The second kappa shape index (κ2) is 7.94. The lowest BCUT2D eigenvalue weighted by Gasteiger charge is -2.06. The Labute approximate surface area is 135 Å². The number of carboxylic acid groups (broad SMARTS) is 1.